The van der Waals surface area contributed by atoms with E-state index in [4.69, 9.17) is 13.3 Å². The van der Waals surface area contributed by atoms with Gasteiger partial charge in [0.1, 0.15) is 22.8 Å². The molecular weight excluding hydrogens is 921 g/mol. The van der Waals surface area contributed by atoms with Crippen LogP contribution >= 0.6 is 0 Å². The first-order valence-electron chi connectivity index (χ1n) is 24.9. The summed E-state index contributed by atoms with van der Waals surface area (Å²) < 4.78 is 25.7. The number of nitrogens with zero attached hydrogens (tertiary/aromatic N) is 4. The standard InChI is InChI=1S/C68H36N4O3/c1-70-59-57(40-20-7-3-8-21-40)53(38-69)61(71-60-42(39-18-5-2-6-19-39)27-17-28-46(60)47-32-35-50-43-24-11-14-29-54(43)73-66(50)62(47)71)58(41-22-9-4-10-23-41)65(59)72-63-48(33-36-51-44-25-12-15-30-55(44)74-67(51)63)49-34-37-52-45-26-13-16-31-56(45)75-68(52)64(49)72/h2-37H. The second kappa shape index (κ2) is 15.5. The zero-order valence-corrected chi connectivity index (χ0v) is 39.8. The Bertz CT molecular complexity index is 5070. The van der Waals surface area contributed by atoms with Crippen molar-refractivity contribution < 1.29 is 13.3 Å². The van der Waals surface area contributed by atoms with Crippen molar-refractivity contribution in [2.45, 2.75) is 0 Å². The molecule has 7 heteroatoms. The van der Waals surface area contributed by atoms with Gasteiger partial charge in [0, 0.05) is 70.6 Å². The van der Waals surface area contributed by atoms with Crippen LogP contribution in [-0.2, 0) is 0 Å². The number of aromatic nitrogens is 2. The number of para-hydroxylation sites is 4. The fourth-order valence-corrected chi connectivity index (χ4v) is 12.3. The van der Waals surface area contributed by atoms with Crippen molar-refractivity contribution in [3.8, 4) is 50.8 Å². The van der Waals surface area contributed by atoms with Gasteiger partial charge in [-0.05, 0) is 53.1 Å². The third kappa shape index (κ3) is 5.56. The summed E-state index contributed by atoms with van der Waals surface area (Å²) in [7, 11) is 0. The van der Waals surface area contributed by atoms with E-state index < -0.39 is 0 Å². The maximum atomic E-state index is 12.3. The van der Waals surface area contributed by atoms with Crippen molar-refractivity contribution in [2.24, 2.45) is 0 Å². The van der Waals surface area contributed by atoms with Crippen LogP contribution in [0.5, 0.6) is 0 Å². The van der Waals surface area contributed by atoms with Crippen molar-refractivity contribution in [3.05, 3.63) is 235 Å². The molecule has 0 atom stereocenters. The highest BCUT2D eigenvalue weighted by atomic mass is 16.3. The largest absolute Gasteiger partial charge is 0.454 e. The normalized spacial score (nSPS) is 12.0. The molecule has 0 unspecified atom stereocenters. The molecule has 0 aliphatic rings. The highest BCUT2D eigenvalue weighted by Gasteiger charge is 2.34. The summed E-state index contributed by atoms with van der Waals surface area (Å²) >= 11 is 0. The fraction of sp³-hybridized carbons (Fsp3) is 0. The Balaban J connectivity index is 1.24. The Morgan fingerprint density at radius 2 is 0.720 bits per heavy atom. The Labute approximate surface area is 426 Å². The van der Waals surface area contributed by atoms with Crippen molar-refractivity contribution in [3.63, 3.8) is 0 Å². The Hall–Kier alpha value is -10.6. The minimum absolute atomic E-state index is 0.304. The van der Waals surface area contributed by atoms with E-state index in [1.54, 1.807) is 0 Å². The third-order valence-electron chi connectivity index (χ3n) is 15.4. The molecule has 0 bridgehead atoms. The van der Waals surface area contributed by atoms with Crippen molar-refractivity contribution in [1.29, 1.82) is 5.26 Å². The molecule has 16 rings (SSSR count). The van der Waals surface area contributed by atoms with Gasteiger partial charge in [-0.3, -0.25) is 0 Å². The first-order chi connectivity index (χ1) is 37.2. The highest BCUT2D eigenvalue weighted by Crippen LogP contribution is 2.55. The van der Waals surface area contributed by atoms with Gasteiger partial charge < -0.3 is 22.4 Å². The summed E-state index contributed by atoms with van der Waals surface area (Å²) in [5.74, 6) is 0. The van der Waals surface area contributed by atoms with E-state index in [0.717, 1.165) is 115 Å². The summed E-state index contributed by atoms with van der Waals surface area (Å²) in [6.45, 7) is 9.58. The average Bonchev–Trinajstić information content (AvgIpc) is 4.44. The van der Waals surface area contributed by atoms with E-state index >= 15 is 0 Å². The van der Waals surface area contributed by atoms with Crippen LogP contribution in [0.2, 0.25) is 0 Å². The molecule has 0 radical (unpaired) electrons. The molecule has 16 aromatic rings. The van der Waals surface area contributed by atoms with Crippen molar-refractivity contribution >= 4 is 115 Å². The second-order valence-electron chi connectivity index (χ2n) is 19.2. The monoisotopic (exact) mass is 956 g/mol. The number of nitriles is 1. The molecule has 7 nitrogen and oxygen atoms in total. The SMILES string of the molecule is [C-]#[N+]c1c(-c2ccccc2)c(C#N)c(-n2c3c(-c4ccccc4)cccc3c3ccc4c5ccccc5oc4c32)c(-c2ccccc2)c1-n1c2c(ccc3c4ccccc4oc32)c2ccc3c4ccccc4oc3c21. The molecule has 346 valence electrons. The third-order valence-corrected chi connectivity index (χ3v) is 15.4. The lowest BCUT2D eigenvalue weighted by Gasteiger charge is -2.26. The van der Waals surface area contributed by atoms with Crippen LogP contribution in [0.3, 0.4) is 0 Å². The predicted molar refractivity (Wildman–Crippen MR) is 304 cm³/mol. The summed E-state index contributed by atoms with van der Waals surface area (Å²) in [5.41, 5.74) is 14.0. The maximum absolute atomic E-state index is 12.3. The molecular formula is C68H36N4O3. The molecule has 0 aliphatic heterocycles. The van der Waals surface area contributed by atoms with E-state index in [1.165, 1.54) is 0 Å². The number of furan rings is 3. The summed E-state index contributed by atoms with van der Waals surface area (Å²) in [6, 6.07) is 77.2. The number of hydrogen-bond donors (Lipinski definition) is 0. The number of benzene rings is 11. The lowest BCUT2D eigenvalue weighted by Crippen LogP contribution is -2.09. The van der Waals surface area contributed by atoms with E-state index in [1.807, 2.05) is 109 Å². The molecule has 0 saturated heterocycles. The summed E-state index contributed by atoms with van der Waals surface area (Å²) in [6.07, 6.45) is 0. The number of hydrogen-bond acceptors (Lipinski definition) is 4. The van der Waals surface area contributed by atoms with Gasteiger partial charge >= 0.3 is 0 Å². The van der Waals surface area contributed by atoms with Crippen molar-refractivity contribution in [2.75, 3.05) is 0 Å². The van der Waals surface area contributed by atoms with Gasteiger partial charge in [0.15, 0.2) is 16.7 Å². The predicted octanol–water partition coefficient (Wildman–Crippen LogP) is 19.0. The van der Waals surface area contributed by atoms with Gasteiger partial charge in [0.2, 0.25) is 5.69 Å². The molecule has 11 aromatic carbocycles. The number of rotatable bonds is 5. The summed E-state index contributed by atoms with van der Waals surface area (Å²) in [5, 5.41) is 21.9. The van der Waals surface area contributed by atoms with E-state index in [-0.39, 0.29) is 0 Å². The van der Waals surface area contributed by atoms with Crippen molar-refractivity contribution in [1.82, 2.24) is 9.13 Å². The smallest absolute Gasteiger partial charge is 0.220 e. The molecule has 5 heterocycles. The fourth-order valence-electron chi connectivity index (χ4n) is 12.3. The minimum atomic E-state index is 0.304. The van der Waals surface area contributed by atoms with Crippen LogP contribution in [0.15, 0.2) is 232 Å². The molecule has 0 amide bonds. The van der Waals surface area contributed by atoms with Crippen LogP contribution in [0.4, 0.5) is 5.69 Å². The molecule has 0 saturated carbocycles. The quantitative estimate of drug-likeness (QED) is 0.161. The van der Waals surface area contributed by atoms with Gasteiger partial charge in [-0.25, -0.2) is 4.85 Å². The highest BCUT2D eigenvalue weighted by molar-refractivity contribution is 6.28. The van der Waals surface area contributed by atoms with Gasteiger partial charge in [-0.2, -0.15) is 5.26 Å². The van der Waals surface area contributed by atoms with Crippen LogP contribution in [0.25, 0.3) is 159 Å². The Kier molecular flexibility index (Phi) is 8.46. The molecule has 0 spiro atoms. The van der Waals surface area contributed by atoms with Crippen LogP contribution < -0.4 is 0 Å². The maximum Gasteiger partial charge on any atom is 0.220 e. The van der Waals surface area contributed by atoms with Gasteiger partial charge in [-0.15, -0.1) is 0 Å². The first-order valence-corrected chi connectivity index (χ1v) is 24.9. The molecule has 0 N–H and O–H groups in total. The Morgan fingerprint density at radius 1 is 0.347 bits per heavy atom. The summed E-state index contributed by atoms with van der Waals surface area (Å²) in [4.78, 5) is 4.64. The van der Waals surface area contributed by atoms with Gasteiger partial charge in [0.25, 0.3) is 0 Å². The molecule has 5 aromatic heterocycles. The number of fused-ring (bicyclic) bond motifs is 18. The minimum Gasteiger partial charge on any atom is -0.454 e. The van der Waals surface area contributed by atoms with Crippen LogP contribution in [-0.4, -0.2) is 9.13 Å². The van der Waals surface area contributed by atoms with Gasteiger partial charge in [-0.1, -0.05) is 182 Å². The van der Waals surface area contributed by atoms with Crippen LogP contribution in [0.1, 0.15) is 5.56 Å². The second-order valence-corrected chi connectivity index (χ2v) is 19.2. The lowest BCUT2D eigenvalue weighted by atomic mass is 9.88. The molecule has 0 aliphatic carbocycles. The topological polar surface area (TPSA) is 77.4 Å². The van der Waals surface area contributed by atoms with E-state index in [2.05, 4.69) is 129 Å². The zero-order valence-electron chi connectivity index (χ0n) is 39.8. The van der Waals surface area contributed by atoms with Gasteiger partial charge in [0.05, 0.1) is 45.6 Å². The first kappa shape index (κ1) is 41.1. The average molecular weight is 957 g/mol. The van der Waals surface area contributed by atoms with Crippen LogP contribution in [0, 0.1) is 17.9 Å². The molecule has 75 heavy (non-hydrogen) atoms. The van der Waals surface area contributed by atoms with E-state index in [9.17, 15) is 11.8 Å². The van der Waals surface area contributed by atoms with E-state index in [0.29, 0.717) is 50.5 Å². The molecule has 0 fully saturated rings. The zero-order chi connectivity index (χ0) is 49.5. The lowest BCUT2D eigenvalue weighted by molar-refractivity contribution is 0.669. The Morgan fingerprint density at radius 3 is 1.17 bits per heavy atom.